The number of aliphatic hydroxyl groups excluding tert-OH is 2. The topological polar surface area (TPSA) is 49.7 Å². The van der Waals surface area contributed by atoms with Gasteiger partial charge in [-0.05, 0) is 18.6 Å². The molecule has 0 heterocycles. The molecule has 0 aliphatic carbocycles. The summed E-state index contributed by atoms with van der Waals surface area (Å²) in [5.41, 5.74) is -1.24. The van der Waals surface area contributed by atoms with Crippen LogP contribution >= 0.6 is 0 Å². The van der Waals surface area contributed by atoms with Crippen LogP contribution < -0.4 is 4.74 Å². The van der Waals surface area contributed by atoms with Gasteiger partial charge in [0, 0.05) is 0 Å². The van der Waals surface area contributed by atoms with Crippen molar-refractivity contribution in [3.63, 3.8) is 0 Å². The average molecular weight is 250 g/mol. The SMILES string of the molecule is CC(O)c1cccc(OCCO)c1C(F)(F)F. The van der Waals surface area contributed by atoms with Gasteiger partial charge in [-0.1, -0.05) is 12.1 Å². The van der Waals surface area contributed by atoms with Crippen LogP contribution in [0.25, 0.3) is 0 Å². The fourth-order valence-corrected chi connectivity index (χ4v) is 1.48. The molecule has 0 aromatic heterocycles. The smallest absolute Gasteiger partial charge is 0.420 e. The minimum absolute atomic E-state index is 0.230. The molecule has 17 heavy (non-hydrogen) atoms. The van der Waals surface area contributed by atoms with Gasteiger partial charge in [-0.2, -0.15) is 13.2 Å². The van der Waals surface area contributed by atoms with Crippen LogP contribution in [0, 0.1) is 0 Å². The number of rotatable bonds is 4. The maximum atomic E-state index is 12.8. The molecule has 2 N–H and O–H groups in total. The van der Waals surface area contributed by atoms with Gasteiger partial charge in [0.25, 0.3) is 0 Å². The van der Waals surface area contributed by atoms with E-state index in [1.807, 2.05) is 0 Å². The Labute approximate surface area is 96.5 Å². The van der Waals surface area contributed by atoms with E-state index in [2.05, 4.69) is 0 Å². The second kappa shape index (κ2) is 5.37. The summed E-state index contributed by atoms with van der Waals surface area (Å²) in [7, 11) is 0. The lowest BCUT2D eigenvalue weighted by Gasteiger charge is -2.18. The zero-order valence-electron chi connectivity index (χ0n) is 9.16. The fraction of sp³-hybridized carbons (Fsp3) is 0.455. The number of aliphatic hydroxyl groups is 2. The summed E-state index contributed by atoms with van der Waals surface area (Å²) in [6.45, 7) is 0.642. The summed E-state index contributed by atoms with van der Waals surface area (Å²) in [6.07, 6.45) is -5.86. The first kappa shape index (κ1) is 13.8. The second-order valence-corrected chi connectivity index (χ2v) is 3.47. The van der Waals surface area contributed by atoms with Crippen molar-refractivity contribution in [2.45, 2.75) is 19.2 Å². The van der Waals surface area contributed by atoms with E-state index in [0.29, 0.717) is 0 Å². The van der Waals surface area contributed by atoms with Gasteiger partial charge in [0.1, 0.15) is 17.9 Å². The van der Waals surface area contributed by atoms with Gasteiger partial charge in [-0.3, -0.25) is 0 Å². The van der Waals surface area contributed by atoms with Gasteiger partial charge in [-0.15, -0.1) is 0 Å². The van der Waals surface area contributed by atoms with E-state index in [1.54, 1.807) is 0 Å². The molecule has 0 saturated carbocycles. The molecule has 0 bridgehead atoms. The summed E-state index contributed by atoms with van der Waals surface area (Å²) in [4.78, 5) is 0. The Bertz CT molecular complexity index is 375. The lowest BCUT2D eigenvalue weighted by molar-refractivity contribution is -0.140. The van der Waals surface area contributed by atoms with E-state index in [1.165, 1.54) is 19.1 Å². The van der Waals surface area contributed by atoms with Crippen LogP contribution in [0.4, 0.5) is 13.2 Å². The molecule has 6 heteroatoms. The molecule has 0 aliphatic rings. The van der Waals surface area contributed by atoms with Crippen LogP contribution in [-0.4, -0.2) is 23.4 Å². The van der Waals surface area contributed by atoms with Crippen molar-refractivity contribution in [2.24, 2.45) is 0 Å². The summed E-state index contributed by atoms with van der Waals surface area (Å²) in [5.74, 6) is -0.384. The van der Waals surface area contributed by atoms with Crippen LogP contribution in [0.5, 0.6) is 5.75 Å². The monoisotopic (exact) mass is 250 g/mol. The van der Waals surface area contributed by atoms with Crippen molar-refractivity contribution < 1.29 is 28.1 Å². The van der Waals surface area contributed by atoms with Crippen LogP contribution in [-0.2, 0) is 6.18 Å². The van der Waals surface area contributed by atoms with E-state index in [9.17, 15) is 18.3 Å². The number of alkyl halides is 3. The van der Waals surface area contributed by atoms with Crippen LogP contribution in [0.15, 0.2) is 18.2 Å². The standard InChI is InChI=1S/C11H13F3O3/c1-7(16)8-3-2-4-9(17-6-5-15)10(8)11(12,13)14/h2-4,7,15-16H,5-6H2,1H3. The number of hydrogen-bond acceptors (Lipinski definition) is 3. The van der Waals surface area contributed by atoms with Gasteiger partial charge < -0.3 is 14.9 Å². The lowest BCUT2D eigenvalue weighted by Crippen LogP contribution is -2.14. The molecule has 1 rings (SSSR count). The molecule has 0 saturated heterocycles. The first-order chi connectivity index (χ1) is 7.88. The maximum Gasteiger partial charge on any atom is 0.420 e. The van der Waals surface area contributed by atoms with Gasteiger partial charge in [0.2, 0.25) is 0 Å². The first-order valence-corrected chi connectivity index (χ1v) is 4.99. The average Bonchev–Trinajstić information content (AvgIpc) is 2.24. The van der Waals surface area contributed by atoms with Gasteiger partial charge in [0.05, 0.1) is 12.7 Å². The number of halogens is 3. The zero-order chi connectivity index (χ0) is 13.1. The highest BCUT2D eigenvalue weighted by atomic mass is 19.4. The third kappa shape index (κ3) is 3.34. The largest absolute Gasteiger partial charge is 0.491 e. The lowest BCUT2D eigenvalue weighted by atomic mass is 10.0. The van der Waals surface area contributed by atoms with Crippen LogP contribution in [0.1, 0.15) is 24.2 Å². The molecule has 3 nitrogen and oxygen atoms in total. The Hall–Kier alpha value is -1.27. The van der Waals surface area contributed by atoms with Crippen LogP contribution in [0.3, 0.4) is 0 Å². The van der Waals surface area contributed by atoms with Gasteiger partial charge in [-0.25, -0.2) is 0 Å². The Morgan fingerprint density at radius 3 is 2.47 bits per heavy atom. The summed E-state index contributed by atoms with van der Waals surface area (Å²) >= 11 is 0. The van der Waals surface area contributed by atoms with E-state index < -0.39 is 17.8 Å². The van der Waals surface area contributed by atoms with Gasteiger partial charge in [0.15, 0.2) is 0 Å². The zero-order valence-corrected chi connectivity index (χ0v) is 9.16. The Morgan fingerprint density at radius 2 is 2.00 bits per heavy atom. The molecule has 0 aliphatic heterocycles. The van der Waals surface area contributed by atoms with E-state index in [-0.39, 0.29) is 24.5 Å². The molecule has 1 unspecified atom stereocenters. The van der Waals surface area contributed by atoms with Crippen molar-refractivity contribution in [2.75, 3.05) is 13.2 Å². The summed E-state index contributed by atoms with van der Waals surface area (Å²) < 4.78 is 43.4. The minimum Gasteiger partial charge on any atom is -0.491 e. The molecule has 1 aromatic carbocycles. The summed E-state index contributed by atoms with van der Waals surface area (Å²) in [6, 6.07) is 3.72. The van der Waals surface area contributed by atoms with E-state index >= 15 is 0 Å². The highest BCUT2D eigenvalue weighted by Crippen LogP contribution is 2.40. The minimum atomic E-state index is -4.61. The first-order valence-electron chi connectivity index (χ1n) is 4.99. The van der Waals surface area contributed by atoms with Crippen molar-refractivity contribution in [1.82, 2.24) is 0 Å². The maximum absolute atomic E-state index is 12.8. The molecule has 0 amide bonds. The Balaban J connectivity index is 3.25. The number of benzene rings is 1. The van der Waals surface area contributed by atoms with Crippen molar-refractivity contribution in [1.29, 1.82) is 0 Å². The van der Waals surface area contributed by atoms with E-state index in [4.69, 9.17) is 9.84 Å². The van der Waals surface area contributed by atoms with Crippen LogP contribution in [0.2, 0.25) is 0 Å². The highest BCUT2D eigenvalue weighted by molar-refractivity contribution is 5.43. The van der Waals surface area contributed by atoms with E-state index in [0.717, 1.165) is 6.07 Å². The van der Waals surface area contributed by atoms with Gasteiger partial charge >= 0.3 is 6.18 Å². The predicted molar refractivity (Wildman–Crippen MR) is 54.7 cm³/mol. The summed E-state index contributed by atoms with van der Waals surface area (Å²) in [5, 5.41) is 17.9. The Morgan fingerprint density at radius 1 is 1.35 bits per heavy atom. The normalized spacial score (nSPS) is 13.5. The molecule has 96 valence electrons. The molecule has 0 spiro atoms. The molecule has 1 aromatic rings. The second-order valence-electron chi connectivity index (χ2n) is 3.47. The molecule has 0 radical (unpaired) electrons. The fourth-order valence-electron chi connectivity index (χ4n) is 1.48. The van der Waals surface area contributed by atoms with Crippen molar-refractivity contribution in [3.8, 4) is 5.75 Å². The number of hydrogen-bond donors (Lipinski definition) is 2. The molecule has 1 atom stereocenters. The van der Waals surface area contributed by atoms with Crippen molar-refractivity contribution in [3.05, 3.63) is 29.3 Å². The molecular weight excluding hydrogens is 237 g/mol. The molecular formula is C11H13F3O3. The highest BCUT2D eigenvalue weighted by Gasteiger charge is 2.38. The number of ether oxygens (including phenoxy) is 1. The predicted octanol–water partition coefficient (Wildman–Crippen LogP) is 2.13. The quantitative estimate of drug-likeness (QED) is 0.860. The third-order valence-corrected chi connectivity index (χ3v) is 2.14. The third-order valence-electron chi connectivity index (χ3n) is 2.14. The van der Waals surface area contributed by atoms with Crippen molar-refractivity contribution >= 4 is 0 Å². The Kier molecular flexibility index (Phi) is 4.36. The molecule has 0 fully saturated rings.